The third kappa shape index (κ3) is 3.59. The molecule has 0 atom stereocenters. The number of nitrogens with zero attached hydrogens (tertiary/aromatic N) is 1. The molecule has 1 aliphatic heterocycles. The van der Waals surface area contributed by atoms with Crippen LogP contribution in [0.4, 0.5) is 5.69 Å². The van der Waals surface area contributed by atoms with Gasteiger partial charge in [-0.2, -0.15) is 0 Å². The molecule has 1 aliphatic rings. The minimum absolute atomic E-state index is 0.0102. The highest BCUT2D eigenvalue weighted by atomic mass is 32.1. The number of allylic oxidation sites excluding steroid dienone is 2. The Hall–Kier alpha value is -2.99. The highest BCUT2D eigenvalue weighted by Crippen LogP contribution is 2.21. The van der Waals surface area contributed by atoms with Crippen molar-refractivity contribution in [1.29, 1.82) is 0 Å². The van der Waals surface area contributed by atoms with Crippen LogP contribution < -0.4 is 10.2 Å². The molecule has 1 aromatic heterocycles. The summed E-state index contributed by atoms with van der Waals surface area (Å²) in [5.41, 5.74) is 1.78. The molecule has 25 heavy (non-hydrogen) atoms. The van der Waals surface area contributed by atoms with Crippen LogP contribution in [0.3, 0.4) is 0 Å². The summed E-state index contributed by atoms with van der Waals surface area (Å²) in [6.07, 6.45) is 7.16. The Kier molecular flexibility index (Phi) is 4.90. The van der Waals surface area contributed by atoms with Crippen molar-refractivity contribution in [2.24, 2.45) is 0 Å². The van der Waals surface area contributed by atoms with E-state index in [1.54, 1.807) is 30.5 Å². The first-order chi connectivity index (χ1) is 12.1. The van der Waals surface area contributed by atoms with Gasteiger partial charge in [0, 0.05) is 0 Å². The highest BCUT2D eigenvalue weighted by Gasteiger charge is 2.33. The molecular formula is C19H16N2O3S. The van der Waals surface area contributed by atoms with Crippen molar-refractivity contribution < 1.29 is 14.0 Å². The monoisotopic (exact) mass is 352 g/mol. The van der Waals surface area contributed by atoms with Gasteiger partial charge in [-0.05, 0) is 60.6 Å². The van der Waals surface area contributed by atoms with E-state index in [0.29, 0.717) is 11.4 Å². The summed E-state index contributed by atoms with van der Waals surface area (Å²) < 4.78 is 5.17. The van der Waals surface area contributed by atoms with Gasteiger partial charge < -0.3 is 4.42 Å². The van der Waals surface area contributed by atoms with E-state index in [2.05, 4.69) is 12.2 Å². The lowest BCUT2D eigenvalue weighted by Crippen LogP contribution is -2.54. The number of thiocarbonyl (C=S) groups is 1. The molecule has 0 spiro atoms. The largest absolute Gasteiger partial charge is 0.465 e. The van der Waals surface area contributed by atoms with E-state index in [-0.39, 0.29) is 10.7 Å². The molecule has 0 saturated carbocycles. The average molecular weight is 352 g/mol. The number of carbonyl (C=O) groups excluding carboxylic acids is 2. The van der Waals surface area contributed by atoms with Gasteiger partial charge in [0.2, 0.25) is 0 Å². The quantitative estimate of drug-likeness (QED) is 0.521. The SMILES string of the molecule is CCc1ccc(N2C(=O)/C(=C/C=C/c3ccco3)C(=O)NC2=S)cc1. The van der Waals surface area contributed by atoms with Gasteiger partial charge in [-0.3, -0.25) is 19.8 Å². The van der Waals surface area contributed by atoms with Gasteiger partial charge in [-0.25, -0.2) is 0 Å². The maximum absolute atomic E-state index is 12.7. The fraction of sp³-hybridized carbons (Fsp3) is 0.105. The van der Waals surface area contributed by atoms with E-state index < -0.39 is 11.8 Å². The van der Waals surface area contributed by atoms with Crippen LogP contribution >= 0.6 is 12.2 Å². The van der Waals surface area contributed by atoms with Crippen LogP contribution in [0.5, 0.6) is 0 Å². The van der Waals surface area contributed by atoms with E-state index in [4.69, 9.17) is 16.6 Å². The van der Waals surface area contributed by atoms with Crippen molar-refractivity contribution in [2.75, 3.05) is 4.90 Å². The number of aryl methyl sites for hydroxylation is 1. The third-order valence-corrected chi connectivity index (χ3v) is 4.06. The van der Waals surface area contributed by atoms with Gasteiger partial charge in [-0.15, -0.1) is 0 Å². The average Bonchev–Trinajstić information content (AvgIpc) is 3.11. The lowest BCUT2D eigenvalue weighted by molar-refractivity contribution is -0.122. The molecule has 1 saturated heterocycles. The summed E-state index contributed by atoms with van der Waals surface area (Å²) in [7, 11) is 0. The fourth-order valence-electron chi connectivity index (χ4n) is 2.42. The smallest absolute Gasteiger partial charge is 0.270 e. The minimum atomic E-state index is -0.513. The molecule has 2 aromatic rings. The molecule has 0 unspecified atom stereocenters. The summed E-state index contributed by atoms with van der Waals surface area (Å²) in [6, 6.07) is 11.0. The van der Waals surface area contributed by atoms with Crippen molar-refractivity contribution in [3.63, 3.8) is 0 Å². The summed E-state index contributed by atoms with van der Waals surface area (Å²) in [6.45, 7) is 2.05. The van der Waals surface area contributed by atoms with Gasteiger partial charge in [0.25, 0.3) is 11.8 Å². The highest BCUT2D eigenvalue weighted by molar-refractivity contribution is 7.80. The second-order valence-corrected chi connectivity index (χ2v) is 5.76. The number of hydrogen-bond donors (Lipinski definition) is 1. The van der Waals surface area contributed by atoms with Crippen LogP contribution in [0.1, 0.15) is 18.2 Å². The van der Waals surface area contributed by atoms with Crippen LogP contribution in [-0.2, 0) is 16.0 Å². The Balaban J connectivity index is 1.88. The summed E-state index contributed by atoms with van der Waals surface area (Å²) >= 11 is 5.17. The molecule has 0 aliphatic carbocycles. The van der Waals surface area contributed by atoms with Crippen LogP contribution in [0.15, 0.2) is 64.8 Å². The number of rotatable bonds is 4. The molecule has 0 bridgehead atoms. The van der Waals surface area contributed by atoms with Crippen molar-refractivity contribution in [2.45, 2.75) is 13.3 Å². The molecule has 1 fully saturated rings. The Labute approximate surface area is 150 Å². The Morgan fingerprint density at radius 1 is 1.20 bits per heavy atom. The topological polar surface area (TPSA) is 62.6 Å². The predicted octanol–water partition coefficient (Wildman–Crippen LogP) is 3.23. The lowest BCUT2D eigenvalue weighted by Gasteiger charge is -2.28. The zero-order valence-corrected chi connectivity index (χ0v) is 14.4. The van der Waals surface area contributed by atoms with Gasteiger partial charge in [-0.1, -0.05) is 25.1 Å². The number of benzene rings is 1. The van der Waals surface area contributed by atoms with Crippen molar-refractivity contribution >= 4 is 40.9 Å². The number of hydrogen-bond acceptors (Lipinski definition) is 4. The maximum Gasteiger partial charge on any atom is 0.270 e. The first-order valence-corrected chi connectivity index (χ1v) is 8.21. The molecular weight excluding hydrogens is 336 g/mol. The standard InChI is InChI=1S/C19H16N2O3S/c1-2-13-8-10-14(11-9-13)21-18(23)16(17(22)20-19(21)25)7-3-5-15-6-4-12-24-15/h3-12H,2H2,1H3,(H,20,22,25)/b5-3+,16-7+. The van der Waals surface area contributed by atoms with Gasteiger partial charge >= 0.3 is 0 Å². The molecule has 3 rings (SSSR count). The predicted molar refractivity (Wildman–Crippen MR) is 99.9 cm³/mol. The molecule has 1 aromatic carbocycles. The first-order valence-electron chi connectivity index (χ1n) is 7.80. The number of furan rings is 1. The molecule has 0 radical (unpaired) electrons. The summed E-state index contributed by atoms with van der Waals surface area (Å²) in [5.74, 6) is -0.342. The number of nitrogens with one attached hydrogen (secondary N) is 1. The normalized spacial score (nSPS) is 16.8. The molecule has 2 heterocycles. The molecule has 1 N–H and O–H groups in total. The maximum atomic E-state index is 12.7. The van der Waals surface area contributed by atoms with Gasteiger partial charge in [0.15, 0.2) is 5.11 Å². The summed E-state index contributed by atoms with van der Waals surface area (Å²) in [4.78, 5) is 26.2. The molecule has 2 amide bonds. The second kappa shape index (κ2) is 7.27. The van der Waals surface area contributed by atoms with Crippen molar-refractivity contribution in [3.05, 3.63) is 71.7 Å². The summed E-state index contributed by atoms with van der Waals surface area (Å²) in [5, 5.41) is 2.63. The van der Waals surface area contributed by atoms with Crippen molar-refractivity contribution in [1.82, 2.24) is 5.32 Å². The van der Waals surface area contributed by atoms with E-state index in [1.807, 2.05) is 24.3 Å². The number of anilines is 1. The van der Waals surface area contributed by atoms with Crippen molar-refractivity contribution in [3.8, 4) is 0 Å². The van der Waals surface area contributed by atoms with Gasteiger partial charge in [0.05, 0.1) is 12.0 Å². The molecule has 126 valence electrons. The second-order valence-electron chi connectivity index (χ2n) is 5.37. The third-order valence-electron chi connectivity index (χ3n) is 3.77. The van der Waals surface area contributed by atoms with E-state index in [9.17, 15) is 9.59 Å². The molecule has 6 heteroatoms. The molecule has 5 nitrogen and oxygen atoms in total. The first kappa shape index (κ1) is 16.9. The van der Waals surface area contributed by atoms with E-state index in [0.717, 1.165) is 12.0 Å². The van der Waals surface area contributed by atoms with Crippen LogP contribution in [0.2, 0.25) is 0 Å². The van der Waals surface area contributed by atoms with E-state index >= 15 is 0 Å². The van der Waals surface area contributed by atoms with Crippen LogP contribution in [0, 0.1) is 0 Å². The van der Waals surface area contributed by atoms with E-state index in [1.165, 1.54) is 11.0 Å². The van der Waals surface area contributed by atoms with Gasteiger partial charge in [0.1, 0.15) is 11.3 Å². The number of amides is 2. The zero-order valence-electron chi connectivity index (χ0n) is 13.6. The Morgan fingerprint density at radius 3 is 2.60 bits per heavy atom. The Morgan fingerprint density at radius 2 is 1.96 bits per heavy atom. The fourth-order valence-corrected chi connectivity index (χ4v) is 2.70. The lowest BCUT2D eigenvalue weighted by atomic mass is 10.1. The zero-order chi connectivity index (χ0) is 17.8. The minimum Gasteiger partial charge on any atom is -0.465 e. The van der Waals surface area contributed by atoms with Crippen LogP contribution in [-0.4, -0.2) is 16.9 Å². The Bertz CT molecular complexity index is 865. The van der Waals surface area contributed by atoms with Crippen LogP contribution in [0.25, 0.3) is 6.08 Å². The number of carbonyl (C=O) groups is 2.